The topological polar surface area (TPSA) is 122 Å². The van der Waals surface area contributed by atoms with E-state index in [1.807, 2.05) is 6.92 Å². The zero-order valence-corrected chi connectivity index (χ0v) is 13.4. The molecule has 7 nitrogen and oxygen atoms in total. The van der Waals surface area contributed by atoms with Gasteiger partial charge in [0.05, 0.1) is 11.6 Å². The third kappa shape index (κ3) is 4.35. The number of aromatic nitrogens is 1. The monoisotopic (exact) mass is 321 g/mol. The maximum absolute atomic E-state index is 12.3. The second-order valence-electron chi connectivity index (χ2n) is 5.40. The summed E-state index contributed by atoms with van der Waals surface area (Å²) in [6.07, 6.45) is 4.28. The van der Waals surface area contributed by atoms with Gasteiger partial charge in [-0.3, -0.25) is 14.6 Å². The quantitative estimate of drug-likeness (QED) is 0.586. The Kier molecular flexibility index (Phi) is 6.84. The number of nitrogens with zero attached hydrogens (tertiary/aromatic N) is 1. The molecule has 0 aromatic carbocycles. The fraction of sp³-hybridized carbons (Fsp3) is 0.500. The minimum absolute atomic E-state index is 0.0474. The molecule has 0 spiro atoms. The van der Waals surface area contributed by atoms with Crippen LogP contribution in [0.1, 0.15) is 49.9 Å². The Labute approximate surface area is 135 Å². The first-order valence-corrected chi connectivity index (χ1v) is 7.64. The summed E-state index contributed by atoms with van der Waals surface area (Å²) in [5, 5.41) is 12.1. The molecule has 1 amide bonds. The van der Waals surface area contributed by atoms with Gasteiger partial charge in [0, 0.05) is 18.8 Å². The highest BCUT2D eigenvalue weighted by molar-refractivity contribution is 6.09. The standard InChI is InChI=1S/C16H23N3O4/c1-3-6-12(16(17,15(22)23)13(20)7-4-2)19-14(21)11-8-5-9-18-10-11/h5,8-10,12H,3-4,6-7,17H2,1-2H3,(H,19,21)(H,22,23). The zero-order chi connectivity index (χ0) is 17.5. The highest BCUT2D eigenvalue weighted by atomic mass is 16.4. The summed E-state index contributed by atoms with van der Waals surface area (Å²) in [6, 6.07) is 2.16. The number of amides is 1. The molecule has 0 bridgehead atoms. The summed E-state index contributed by atoms with van der Waals surface area (Å²) < 4.78 is 0. The number of carbonyl (C=O) groups is 3. The number of nitrogens with one attached hydrogen (secondary N) is 1. The van der Waals surface area contributed by atoms with E-state index >= 15 is 0 Å². The van der Waals surface area contributed by atoms with Crippen molar-refractivity contribution in [3.05, 3.63) is 30.1 Å². The summed E-state index contributed by atoms with van der Waals surface area (Å²) in [5.41, 5.74) is 4.09. The smallest absolute Gasteiger partial charge is 0.333 e. The molecule has 0 aliphatic carbocycles. The Morgan fingerprint density at radius 2 is 2.04 bits per heavy atom. The van der Waals surface area contributed by atoms with Gasteiger partial charge >= 0.3 is 5.97 Å². The van der Waals surface area contributed by atoms with E-state index in [-0.39, 0.29) is 18.4 Å². The van der Waals surface area contributed by atoms with Gasteiger partial charge in [-0.15, -0.1) is 0 Å². The maximum atomic E-state index is 12.3. The molecular weight excluding hydrogens is 298 g/mol. The van der Waals surface area contributed by atoms with Crippen molar-refractivity contribution < 1.29 is 19.5 Å². The first kappa shape index (κ1) is 18.8. The third-order valence-electron chi connectivity index (χ3n) is 3.65. The number of nitrogens with two attached hydrogens (primary N) is 1. The Hall–Kier alpha value is -2.28. The number of aliphatic carboxylic acids is 1. The summed E-state index contributed by atoms with van der Waals surface area (Å²) in [4.78, 5) is 40.0. The van der Waals surface area contributed by atoms with E-state index in [1.54, 1.807) is 19.1 Å². The van der Waals surface area contributed by atoms with Gasteiger partial charge < -0.3 is 16.2 Å². The van der Waals surface area contributed by atoms with Crippen LogP contribution in [0.15, 0.2) is 24.5 Å². The Morgan fingerprint density at radius 3 is 2.52 bits per heavy atom. The van der Waals surface area contributed by atoms with Crippen LogP contribution >= 0.6 is 0 Å². The van der Waals surface area contributed by atoms with Gasteiger partial charge in [-0.05, 0) is 25.0 Å². The molecule has 0 radical (unpaired) electrons. The first-order chi connectivity index (χ1) is 10.9. The van der Waals surface area contributed by atoms with Crippen LogP contribution in [0.4, 0.5) is 0 Å². The fourth-order valence-corrected chi connectivity index (χ4v) is 2.34. The lowest BCUT2D eigenvalue weighted by molar-refractivity contribution is -0.149. The van der Waals surface area contributed by atoms with E-state index in [9.17, 15) is 19.5 Å². The molecule has 0 saturated carbocycles. The molecule has 1 heterocycles. The minimum Gasteiger partial charge on any atom is -0.479 e. The molecule has 0 aliphatic rings. The van der Waals surface area contributed by atoms with Gasteiger partial charge in [0.2, 0.25) is 0 Å². The van der Waals surface area contributed by atoms with Crippen molar-refractivity contribution in [3.8, 4) is 0 Å². The molecule has 0 aliphatic heterocycles. The summed E-state index contributed by atoms with van der Waals surface area (Å²) in [5.74, 6) is -2.52. The van der Waals surface area contributed by atoms with Crippen LogP contribution in [0.2, 0.25) is 0 Å². The molecule has 2 atom stereocenters. The maximum Gasteiger partial charge on any atom is 0.333 e. The first-order valence-electron chi connectivity index (χ1n) is 7.64. The van der Waals surface area contributed by atoms with E-state index in [0.717, 1.165) is 0 Å². The van der Waals surface area contributed by atoms with E-state index < -0.39 is 29.2 Å². The Balaban J connectivity index is 3.08. The van der Waals surface area contributed by atoms with E-state index in [0.29, 0.717) is 12.8 Å². The average molecular weight is 321 g/mol. The molecule has 4 N–H and O–H groups in total. The molecule has 23 heavy (non-hydrogen) atoms. The average Bonchev–Trinajstić information content (AvgIpc) is 2.54. The van der Waals surface area contributed by atoms with Crippen LogP contribution < -0.4 is 11.1 Å². The van der Waals surface area contributed by atoms with Crippen LogP contribution in [0.25, 0.3) is 0 Å². The van der Waals surface area contributed by atoms with Gasteiger partial charge in [0.1, 0.15) is 0 Å². The Morgan fingerprint density at radius 1 is 1.35 bits per heavy atom. The Bertz CT molecular complexity index is 562. The van der Waals surface area contributed by atoms with E-state index in [2.05, 4.69) is 10.3 Å². The minimum atomic E-state index is -2.14. The number of hydrogen-bond acceptors (Lipinski definition) is 5. The number of ketones is 1. The third-order valence-corrected chi connectivity index (χ3v) is 3.65. The molecule has 1 aromatic rings. The number of hydrogen-bond donors (Lipinski definition) is 3. The lowest BCUT2D eigenvalue weighted by Gasteiger charge is -2.33. The van der Waals surface area contributed by atoms with Crippen LogP contribution in [0.3, 0.4) is 0 Å². The number of Topliss-reactive ketones (excluding diaryl/α,β-unsaturated/α-hetero) is 1. The van der Waals surface area contributed by atoms with Crippen molar-refractivity contribution in [2.75, 3.05) is 0 Å². The fourth-order valence-electron chi connectivity index (χ4n) is 2.34. The second kappa shape index (κ2) is 8.38. The van der Waals surface area contributed by atoms with Crippen LogP contribution in [0, 0.1) is 0 Å². The number of rotatable bonds is 9. The van der Waals surface area contributed by atoms with Gasteiger partial charge in [-0.1, -0.05) is 20.3 Å². The van der Waals surface area contributed by atoms with Crippen molar-refractivity contribution >= 4 is 17.7 Å². The summed E-state index contributed by atoms with van der Waals surface area (Å²) in [7, 11) is 0. The predicted molar refractivity (Wildman–Crippen MR) is 84.9 cm³/mol. The highest BCUT2D eigenvalue weighted by Crippen LogP contribution is 2.18. The van der Waals surface area contributed by atoms with Crippen molar-refractivity contribution in [3.63, 3.8) is 0 Å². The number of carboxylic acid groups (broad SMARTS) is 1. The van der Waals surface area contributed by atoms with Crippen molar-refractivity contribution in [1.29, 1.82) is 0 Å². The normalized spacial score (nSPS) is 14.6. The molecule has 1 aromatic heterocycles. The molecule has 1 rings (SSSR count). The molecular formula is C16H23N3O4. The number of carboxylic acids is 1. The summed E-state index contributed by atoms with van der Waals surface area (Å²) >= 11 is 0. The molecule has 126 valence electrons. The largest absolute Gasteiger partial charge is 0.479 e. The predicted octanol–water partition coefficient (Wildman–Crippen LogP) is 1.13. The van der Waals surface area contributed by atoms with Crippen LogP contribution in [-0.4, -0.2) is 39.3 Å². The molecule has 2 unspecified atom stereocenters. The number of pyridine rings is 1. The summed E-state index contributed by atoms with van der Waals surface area (Å²) in [6.45, 7) is 3.60. The molecule has 0 fully saturated rings. The van der Waals surface area contributed by atoms with Crippen LogP contribution in [-0.2, 0) is 9.59 Å². The second-order valence-corrected chi connectivity index (χ2v) is 5.40. The highest BCUT2D eigenvalue weighted by Gasteiger charge is 2.48. The van der Waals surface area contributed by atoms with Crippen molar-refractivity contribution in [2.24, 2.45) is 5.73 Å². The zero-order valence-electron chi connectivity index (χ0n) is 13.4. The van der Waals surface area contributed by atoms with Gasteiger partial charge in [0.15, 0.2) is 11.3 Å². The van der Waals surface area contributed by atoms with Crippen molar-refractivity contribution in [2.45, 2.75) is 51.1 Å². The van der Waals surface area contributed by atoms with E-state index in [1.165, 1.54) is 12.4 Å². The van der Waals surface area contributed by atoms with Crippen molar-refractivity contribution in [1.82, 2.24) is 10.3 Å². The lowest BCUT2D eigenvalue weighted by atomic mass is 9.82. The molecule has 0 saturated heterocycles. The number of carbonyl (C=O) groups excluding carboxylic acids is 2. The van der Waals surface area contributed by atoms with Gasteiger partial charge in [-0.2, -0.15) is 0 Å². The SMILES string of the molecule is CCCC(=O)C(N)(C(=O)O)C(CCC)NC(=O)c1cccnc1. The molecule has 7 heteroatoms. The lowest BCUT2D eigenvalue weighted by Crippen LogP contribution is -2.67. The van der Waals surface area contributed by atoms with Gasteiger partial charge in [-0.25, -0.2) is 4.79 Å². The van der Waals surface area contributed by atoms with Gasteiger partial charge in [0.25, 0.3) is 5.91 Å². The van der Waals surface area contributed by atoms with E-state index in [4.69, 9.17) is 5.73 Å². The van der Waals surface area contributed by atoms with Crippen LogP contribution in [0.5, 0.6) is 0 Å².